The molecule has 0 bridgehead atoms. The zero-order valence-electron chi connectivity index (χ0n) is 37.5. The highest BCUT2D eigenvalue weighted by atomic mass is 19.3. The summed E-state index contributed by atoms with van der Waals surface area (Å²) in [7, 11) is 1.89. The van der Waals surface area contributed by atoms with Gasteiger partial charge in [-0.05, 0) is 104 Å². The van der Waals surface area contributed by atoms with Crippen LogP contribution in [0, 0.1) is 5.92 Å². The van der Waals surface area contributed by atoms with Crippen LogP contribution in [0.25, 0.3) is 22.2 Å². The average Bonchev–Trinajstić information content (AvgIpc) is 3.98. The van der Waals surface area contributed by atoms with Gasteiger partial charge in [0.2, 0.25) is 17.7 Å². The zero-order valence-corrected chi connectivity index (χ0v) is 37.5. The van der Waals surface area contributed by atoms with Gasteiger partial charge in [0.05, 0.1) is 24.3 Å². The Morgan fingerprint density at radius 2 is 1.70 bits per heavy atom. The van der Waals surface area contributed by atoms with E-state index in [1.54, 1.807) is 24.1 Å². The molecule has 3 saturated heterocycles. The van der Waals surface area contributed by atoms with Crippen LogP contribution in [0.2, 0.25) is 0 Å². The summed E-state index contributed by atoms with van der Waals surface area (Å²) in [6.45, 7) is 8.52. The first-order chi connectivity index (χ1) is 32.0. The van der Waals surface area contributed by atoms with Gasteiger partial charge in [0.15, 0.2) is 5.82 Å². The van der Waals surface area contributed by atoms with E-state index in [4.69, 9.17) is 5.10 Å². The molecular formula is C49H57F2N11O4. The van der Waals surface area contributed by atoms with E-state index < -0.39 is 18.4 Å². The van der Waals surface area contributed by atoms with Crippen LogP contribution in [0.3, 0.4) is 0 Å². The van der Waals surface area contributed by atoms with Crippen LogP contribution in [0.15, 0.2) is 48.8 Å². The maximum Gasteiger partial charge on any atom is 0.264 e. The lowest BCUT2D eigenvalue weighted by Gasteiger charge is -2.39. The van der Waals surface area contributed by atoms with Gasteiger partial charge in [-0.25, -0.2) is 8.78 Å². The number of carbonyl (C=O) groups is 4. The van der Waals surface area contributed by atoms with Gasteiger partial charge in [0.1, 0.15) is 11.6 Å². The van der Waals surface area contributed by atoms with Gasteiger partial charge in [0.25, 0.3) is 12.3 Å². The molecule has 1 atom stereocenters. The Morgan fingerprint density at radius 3 is 2.47 bits per heavy atom. The standard InChI is InChI=1S/C49H55F2N11O4.H2/c1-29(63)59-21-14-40-39(28-59)47(60-16-3-4-31-23-36(37(46(50)51)24-43(31)60)38-27-56(2)41-9-15-52-54-45(38)41)55-62(40)33-12-17-57(18-13-33)25-30-10-19-58(20-11-30)34-5-6-35-32(22-34)26-61(49(35)66)42-7-8-44(64)53-48(42)65;/h5-6,9,15,22-24,27,30,33,42,46H,3-4,7-8,10-14,16-21,25-26,28H2,1-2H3,(H,53,64,65);1H. The minimum atomic E-state index is -2.71. The molecule has 66 heavy (non-hydrogen) atoms. The Kier molecular flexibility index (Phi) is 10.9. The van der Waals surface area contributed by atoms with E-state index in [1.807, 2.05) is 47.0 Å². The molecule has 11 rings (SSSR count). The van der Waals surface area contributed by atoms with E-state index >= 15 is 8.78 Å². The Labute approximate surface area is 383 Å². The summed E-state index contributed by atoms with van der Waals surface area (Å²) in [6, 6.07) is 11.0. The number of nitrogens with one attached hydrogen (secondary N) is 1. The van der Waals surface area contributed by atoms with E-state index in [9.17, 15) is 19.2 Å². The monoisotopic (exact) mass is 901 g/mol. The highest BCUT2D eigenvalue weighted by Crippen LogP contribution is 2.45. The topological polar surface area (TPSA) is 145 Å². The number of fused-ring (bicyclic) bond motifs is 4. The van der Waals surface area contributed by atoms with Gasteiger partial charge in [-0.15, -0.1) is 5.10 Å². The number of rotatable bonds is 8. The maximum absolute atomic E-state index is 15.1. The number of hydrogen-bond acceptors (Lipinski definition) is 10. The van der Waals surface area contributed by atoms with Crippen LogP contribution in [-0.4, -0.2) is 115 Å². The fraction of sp³-hybridized carbons (Fsp3) is 0.490. The third kappa shape index (κ3) is 7.48. The second-order valence-corrected chi connectivity index (χ2v) is 19.1. The highest BCUT2D eigenvalue weighted by molar-refractivity contribution is 6.05. The van der Waals surface area contributed by atoms with Gasteiger partial charge in [-0.2, -0.15) is 10.2 Å². The lowest BCUT2D eigenvalue weighted by Crippen LogP contribution is -2.52. The number of imide groups is 1. The molecule has 6 aliphatic heterocycles. The minimum absolute atomic E-state index is 0. The van der Waals surface area contributed by atoms with Crippen molar-refractivity contribution in [2.24, 2.45) is 13.0 Å². The van der Waals surface area contributed by atoms with E-state index in [2.05, 4.69) is 41.0 Å². The molecule has 0 radical (unpaired) electrons. The number of nitrogens with zero attached hydrogens (tertiary/aromatic N) is 10. The van der Waals surface area contributed by atoms with Crippen molar-refractivity contribution < 1.29 is 29.4 Å². The third-order valence-corrected chi connectivity index (χ3v) is 15.2. The molecule has 3 aromatic heterocycles. The lowest BCUT2D eigenvalue weighted by atomic mass is 9.92. The van der Waals surface area contributed by atoms with Crippen molar-refractivity contribution >= 4 is 51.9 Å². The molecular weight excluding hydrogens is 845 g/mol. The van der Waals surface area contributed by atoms with E-state index in [-0.39, 0.29) is 37.2 Å². The molecule has 6 aliphatic rings. The smallest absolute Gasteiger partial charge is 0.264 e. The fourth-order valence-corrected chi connectivity index (χ4v) is 11.7. The molecule has 0 saturated carbocycles. The van der Waals surface area contributed by atoms with Gasteiger partial charge in [-0.1, -0.05) is 0 Å². The number of carbonyl (C=O) groups excluding carboxylic acids is 4. The molecule has 15 nitrogen and oxygen atoms in total. The van der Waals surface area contributed by atoms with Crippen molar-refractivity contribution in [3.05, 3.63) is 82.3 Å². The molecule has 17 heteroatoms. The summed E-state index contributed by atoms with van der Waals surface area (Å²) in [5.74, 6) is 0.532. The predicted octanol–water partition coefficient (Wildman–Crippen LogP) is 6.32. The lowest BCUT2D eigenvalue weighted by molar-refractivity contribution is -0.137. The number of aromatic nitrogens is 5. The van der Waals surface area contributed by atoms with Crippen LogP contribution in [0.4, 0.5) is 26.0 Å². The predicted molar refractivity (Wildman–Crippen MR) is 246 cm³/mol. The second-order valence-electron chi connectivity index (χ2n) is 19.1. The van der Waals surface area contributed by atoms with Gasteiger partial charge in [0, 0.05) is 126 Å². The van der Waals surface area contributed by atoms with Crippen molar-refractivity contribution in [2.75, 3.05) is 55.6 Å². The largest absolute Gasteiger partial charge is 0.372 e. The number of piperidine rings is 3. The number of amides is 4. The third-order valence-electron chi connectivity index (χ3n) is 15.2. The number of benzene rings is 2. The summed E-state index contributed by atoms with van der Waals surface area (Å²) in [5, 5.41) is 16.2. The highest BCUT2D eigenvalue weighted by Gasteiger charge is 2.40. The van der Waals surface area contributed by atoms with Gasteiger partial charge < -0.3 is 29.1 Å². The van der Waals surface area contributed by atoms with Crippen molar-refractivity contribution in [3.8, 4) is 11.1 Å². The number of anilines is 3. The Morgan fingerprint density at radius 1 is 0.879 bits per heavy atom. The van der Waals surface area contributed by atoms with E-state index in [1.165, 1.54) is 0 Å². The normalized spacial score (nSPS) is 20.9. The Balaban J connectivity index is 0.00000525. The summed E-state index contributed by atoms with van der Waals surface area (Å²) in [4.78, 5) is 60.9. The molecule has 1 unspecified atom stereocenters. The first-order valence-electron chi connectivity index (χ1n) is 23.6. The number of aryl methyl sites for hydroxylation is 2. The zero-order chi connectivity index (χ0) is 45.4. The van der Waals surface area contributed by atoms with Crippen LogP contribution in [0.1, 0.15) is 104 Å². The Bertz CT molecular complexity index is 2780. The molecule has 9 heterocycles. The van der Waals surface area contributed by atoms with Crippen LogP contribution in [-0.2, 0) is 47.4 Å². The molecule has 346 valence electrons. The van der Waals surface area contributed by atoms with E-state index in [0.717, 1.165) is 116 Å². The number of likely N-dealkylation sites (tertiary alicyclic amines) is 1. The molecule has 4 amide bonds. The van der Waals surface area contributed by atoms with Crippen molar-refractivity contribution in [1.29, 1.82) is 0 Å². The molecule has 5 aromatic rings. The van der Waals surface area contributed by atoms with Crippen molar-refractivity contribution in [1.82, 2.24) is 44.6 Å². The van der Waals surface area contributed by atoms with E-state index in [0.29, 0.717) is 67.1 Å². The molecule has 3 fully saturated rings. The first-order valence-corrected chi connectivity index (χ1v) is 23.6. The first kappa shape index (κ1) is 42.4. The molecule has 2 aromatic carbocycles. The summed E-state index contributed by atoms with van der Waals surface area (Å²) in [6.07, 6.45) is 7.69. The van der Waals surface area contributed by atoms with Gasteiger partial charge >= 0.3 is 0 Å². The van der Waals surface area contributed by atoms with Crippen LogP contribution >= 0.6 is 0 Å². The summed E-state index contributed by atoms with van der Waals surface area (Å²) < 4.78 is 34.4. The Hall–Kier alpha value is -6.23. The number of alkyl halides is 2. The van der Waals surface area contributed by atoms with Crippen molar-refractivity contribution in [2.45, 2.75) is 96.3 Å². The fourth-order valence-electron chi connectivity index (χ4n) is 11.7. The molecule has 0 spiro atoms. The molecule has 1 N–H and O–H groups in total. The number of halogens is 2. The second kappa shape index (κ2) is 16.9. The maximum atomic E-state index is 15.1. The van der Waals surface area contributed by atoms with Gasteiger partial charge in [-0.3, -0.25) is 29.2 Å². The minimum Gasteiger partial charge on any atom is -0.372 e. The van der Waals surface area contributed by atoms with Crippen LogP contribution < -0.4 is 15.1 Å². The van der Waals surface area contributed by atoms with Crippen LogP contribution in [0.5, 0.6) is 0 Å². The summed E-state index contributed by atoms with van der Waals surface area (Å²) >= 11 is 0. The SMILES string of the molecule is CC(=O)N1CCc2c(c(N3CCCc4cc(-c5cn(C)c6ccnnc56)c(C(F)F)cc43)nn2C2CCN(CC3CCN(c4ccc5c(c4)CN(C4CCC(=O)NC4=O)C5=O)CC3)CC2)C1.[HH]. The average molecular weight is 902 g/mol. The molecule has 0 aliphatic carbocycles. The summed E-state index contributed by atoms with van der Waals surface area (Å²) in [5.41, 5.74) is 9.08. The van der Waals surface area contributed by atoms with Crippen molar-refractivity contribution in [3.63, 3.8) is 0 Å². The quantitative estimate of drug-likeness (QED) is 0.176. The number of hydrogen-bond donors (Lipinski definition) is 1.